The third-order valence-corrected chi connectivity index (χ3v) is 0.771. The van der Waals surface area contributed by atoms with E-state index in [0.717, 1.165) is 0 Å². The zero-order valence-corrected chi connectivity index (χ0v) is 5.52. The Hall–Kier alpha value is -1.06. The summed E-state index contributed by atoms with van der Waals surface area (Å²) in [5, 5.41) is 4.54. The van der Waals surface area contributed by atoms with Crippen molar-refractivity contribution in [2.45, 2.75) is 6.92 Å². The van der Waals surface area contributed by atoms with E-state index in [2.05, 4.69) is 10.6 Å². The molecule has 0 radical (unpaired) electrons. The van der Waals surface area contributed by atoms with Crippen LogP contribution in [0.25, 0.3) is 0 Å². The number of hydrogen-bond acceptors (Lipinski definition) is 2. The summed E-state index contributed by atoms with van der Waals surface area (Å²) in [6.45, 7) is 2.23. The fourth-order valence-electron chi connectivity index (χ4n) is 0.354. The zero-order valence-electron chi connectivity index (χ0n) is 5.52. The zero-order chi connectivity index (χ0) is 7.28. The van der Waals surface area contributed by atoms with Gasteiger partial charge in [-0.05, 0) is 6.92 Å². The number of likely N-dealkylation sites (N-methyl/N-ethyl adjacent to an activating group) is 2. The molecule has 2 amide bonds. The third kappa shape index (κ3) is 2.69. The van der Waals surface area contributed by atoms with Crippen molar-refractivity contribution in [1.29, 1.82) is 0 Å². The van der Waals surface area contributed by atoms with Gasteiger partial charge in [0.15, 0.2) is 0 Å². The average molecular weight is 130 g/mol. The smallest absolute Gasteiger partial charge is 0.309 e. The molecule has 0 aliphatic carbocycles. The van der Waals surface area contributed by atoms with Crippen LogP contribution in [-0.2, 0) is 9.59 Å². The molecule has 0 aromatic rings. The molecule has 0 aliphatic heterocycles. The molecule has 0 saturated heterocycles. The molecule has 0 fully saturated rings. The van der Waals surface area contributed by atoms with Crippen molar-refractivity contribution in [2.24, 2.45) is 0 Å². The van der Waals surface area contributed by atoms with Crippen LogP contribution in [0.3, 0.4) is 0 Å². The van der Waals surface area contributed by atoms with E-state index in [4.69, 9.17) is 0 Å². The Bertz CT molecular complexity index is 122. The Balaban J connectivity index is 3.60. The number of carbonyl (C=O) groups excluding carboxylic acids is 2. The van der Waals surface area contributed by atoms with Gasteiger partial charge < -0.3 is 10.6 Å². The summed E-state index contributed by atoms with van der Waals surface area (Å²) in [6, 6.07) is 0. The molecule has 2 N–H and O–H groups in total. The van der Waals surface area contributed by atoms with E-state index < -0.39 is 11.8 Å². The lowest BCUT2D eigenvalue weighted by molar-refractivity contribution is -0.138. The quantitative estimate of drug-likeness (QED) is 0.441. The van der Waals surface area contributed by atoms with E-state index in [1.54, 1.807) is 6.92 Å². The summed E-state index contributed by atoms with van der Waals surface area (Å²) in [5.41, 5.74) is 0. The van der Waals surface area contributed by atoms with Gasteiger partial charge in [-0.15, -0.1) is 0 Å². The van der Waals surface area contributed by atoms with Crippen molar-refractivity contribution in [3.8, 4) is 0 Å². The Morgan fingerprint density at radius 2 is 1.89 bits per heavy atom. The Kier molecular flexibility index (Phi) is 3.43. The molecule has 0 heterocycles. The molecule has 0 rings (SSSR count). The molecular formula is C5H10N2O2. The second-order valence-corrected chi connectivity index (χ2v) is 1.44. The SMILES string of the molecule is CCNC(=O)C(=O)NC. The van der Waals surface area contributed by atoms with Crippen molar-refractivity contribution in [3.63, 3.8) is 0 Å². The molecule has 52 valence electrons. The maximum atomic E-state index is 10.5. The number of nitrogens with one attached hydrogen (secondary N) is 2. The fourth-order valence-corrected chi connectivity index (χ4v) is 0.354. The van der Waals surface area contributed by atoms with Crippen molar-refractivity contribution in [2.75, 3.05) is 13.6 Å². The van der Waals surface area contributed by atoms with Gasteiger partial charge in [-0.2, -0.15) is 0 Å². The first-order chi connectivity index (χ1) is 4.22. The maximum Gasteiger partial charge on any atom is 0.309 e. The second-order valence-electron chi connectivity index (χ2n) is 1.44. The van der Waals surface area contributed by atoms with Gasteiger partial charge in [-0.3, -0.25) is 9.59 Å². The monoisotopic (exact) mass is 130 g/mol. The van der Waals surface area contributed by atoms with Gasteiger partial charge in [0, 0.05) is 13.6 Å². The lowest BCUT2D eigenvalue weighted by atomic mass is 10.5. The largest absolute Gasteiger partial charge is 0.351 e. The molecular weight excluding hydrogens is 120 g/mol. The van der Waals surface area contributed by atoms with Gasteiger partial charge in [0.25, 0.3) is 0 Å². The molecule has 0 spiro atoms. The maximum absolute atomic E-state index is 10.5. The fraction of sp³-hybridized carbons (Fsp3) is 0.600. The Labute approximate surface area is 53.6 Å². The minimum atomic E-state index is -0.600. The summed E-state index contributed by atoms with van der Waals surface area (Å²) in [7, 11) is 1.41. The van der Waals surface area contributed by atoms with Crippen LogP contribution in [0.5, 0.6) is 0 Å². The Morgan fingerprint density at radius 1 is 1.33 bits per heavy atom. The predicted molar refractivity (Wildman–Crippen MR) is 32.8 cm³/mol. The molecule has 4 nitrogen and oxygen atoms in total. The van der Waals surface area contributed by atoms with Gasteiger partial charge >= 0.3 is 11.8 Å². The van der Waals surface area contributed by atoms with Crippen molar-refractivity contribution >= 4 is 11.8 Å². The molecule has 0 aromatic carbocycles. The highest BCUT2D eigenvalue weighted by molar-refractivity contribution is 6.34. The number of hydrogen-bond donors (Lipinski definition) is 2. The van der Waals surface area contributed by atoms with E-state index in [1.807, 2.05) is 0 Å². The van der Waals surface area contributed by atoms with Gasteiger partial charge in [0.05, 0.1) is 0 Å². The molecule has 0 saturated carbocycles. The van der Waals surface area contributed by atoms with E-state index >= 15 is 0 Å². The van der Waals surface area contributed by atoms with Crippen molar-refractivity contribution < 1.29 is 9.59 Å². The van der Waals surface area contributed by atoms with Crippen molar-refractivity contribution in [1.82, 2.24) is 10.6 Å². The topological polar surface area (TPSA) is 58.2 Å². The molecule has 4 heteroatoms. The minimum Gasteiger partial charge on any atom is -0.351 e. The highest BCUT2D eigenvalue weighted by Gasteiger charge is 2.07. The molecule has 0 aromatic heterocycles. The second kappa shape index (κ2) is 3.88. The van der Waals surface area contributed by atoms with E-state index in [0.29, 0.717) is 6.54 Å². The molecule has 0 unspecified atom stereocenters. The summed E-state index contributed by atoms with van der Waals surface area (Å²) >= 11 is 0. The highest BCUT2D eigenvalue weighted by atomic mass is 16.2. The third-order valence-electron chi connectivity index (χ3n) is 0.771. The van der Waals surface area contributed by atoms with Crippen LogP contribution < -0.4 is 10.6 Å². The van der Waals surface area contributed by atoms with Crippen LogP contribution in [0.1, 0.15) is 6.92 Å². The van der Waals surface area contributed by atoms with Gasteiger partial charge in [-0.1, -0.05) is 0 Å². The first-order valence-corrected chi connectivity index (χ1v) is 2.72. The summed E-state index contributed by atoms with van der Waals surface area (Å²) in [4.78, 5) is 20.8. The summed E-state index contributed by atoms with van der Waals surface area (Å²) < 4.78 is 0. The lowest BCUT2D eigenvalue weighted by Gasteiger charge is -1.97. The molecule has 0 bridgehead atoms. The van der Waals surface area contributed by atoms with Crippen LogP contribution >= 0.6 is 0 Å². The summed E-state index contributed by atoms with van der Waals surface area (Å²) in [6.07, 6.45) is 0. The number of carbonyl (C=O) groups is 2. The van der Waals surface area contributed by atoms with Crippen molar-refractivity contribution in [3.05, 3.63) is 0 Å². The summed E-state index contributed by atoms with van der Waals surface area (Å²) in [5.74, 6) is -1.18. The lowest BCUT2D eigenvalue weighted by Crippen LogP contribution is -2.37. The highest BCUT2D eigenvalue weighted by Crippen LogP contribution is 1.63. The van der Waals surface area contributed by atoms with Crippen LogP contribution in [0.15, 0.2) is 0 Å². The van der Waals surface area contributed by atoms with E-state index in [9.17, 15) is 9.59 Å². The average Bonchev–Trinajstić information content (AvgIpc) is 1.87. The number of rotatable bonds is 1. The van der Waals surface area contributed by atoms with Crippen LogP contribution in [0.4, 0.5) is 0 Å². The molecule has 0 aliphatic rings. The van der Waals surface area contributed by atoms with E-state index in [1.165, 1.54) is 7.05 Å². The molecule has 0 atom stereocenters. The van der Waals surface area contributed by atoms with Crippen LogP contribution in [-0.4, -0.2) is 25.4 Å². The Morgan fingerprint density at radius 3 is 2.22 bits per heavy atom. The van der Waals surface area contributed by atoms with Gasteiger partial charge in [-0.25, -0.2) is 0 Å². The van der Waals surface area contributed by atoms with Gasteiger partial charge in [0.1, 0.15) is 0 Å². The standard InChI is InChI=1S/C5H10N2O2/c1-3-7-5(9)4(8)6-2/h3H2,1-2H3,(H,6,8)(H,7,9). The normalized spacial score (nSPS) is 8.22. The first kappa shape index (κ1) is 7.94. The molecule has 9 heavy (non-hydrogen) atoms. The van der Waals surface area contributed by atoms with Gasteiger partial charge in [0.2, 0.25) is 0 Å². The minimum absolute atomic E-state index is 0.478. The predicted octanol–water partition coefficient (Wildman–Crippen LogP) is -1.13. The van der Waals surface area contributed by atoms with Crippen LogP contribution in [0, 0.1) is 0 Å². The number of amides is 2. The first-order valence-electron chi connectivity index (χ1n) is 2.72. The van der Waals surface area contributed by atoms with Crippen LogP contribution in [0.2, 0.25) is 0 Å². The van der Waals surface area contributed by atoms with E-state index in [-0.39, 0.29) is 0 Å².